The van der Waals surface area contributed by atoms with Crippen LogP contribution in [-0.2, 0) is 49.4 Å². The molecule has 274 valence electrons. The smallest absolute Gasteiger partial charge is 0.407 e. The number of hydrogen-bond acceptors (Lipinski definition) is 14. The van der Waals surface area contributed by atoms with Crippen LogP contribution in [0.3, 0.4) is 0 Å². The normalized spacial score (nSPS) is 10.2. The molecular weight excluding hydrogens is 660 g/mol. The molecule has 18 nitrogen and oxygen atoms in total. The Kier molecular flexibility index (Phi) is 20.4. The van der Waals surface area contributed by atoms with Crippen LogP contribution in [0.5, 0.6) is 0 Å². The summed E-state index contributed by atoms with van der Waals surface area (Å²) in [5.41, 5.74) is 1.81. The third kappa shape index (κ3) is 20.3. The van der Waals surface area contributed by atoms with Gasteiger partial charge in [0.25, 0.3) is 0 Å². The minimum atomic E-state index is -0.756. The number of amides is 3. The summed E-state index contributed by atoms with van der Waals surface area (Å²) in [7, 11) is 0. The molecule has 18 heteroatoms. The summed E-state index contributed by atoms with van der Waals surface area (Å²) in [5, 5.41) is 17.0. The van der Waals surface area contributed by atoms with Crippen LogP contribution in [0.4, 0.5) is 20.1 Å². The molecule has 0 radical (unpaired) electrons. The predicted molar refractivity (Wildman–Crippen MR) is 177 cm³/mol. The van der Waals surface area contributed by atoms with E-state index >= 15 is 0 Å². The first-order valence-corrected chi connectivity index (χ1v) is 15.2. The standard InChI is InChI=1S/C32H44N6O12/c1-22(2)27(39)45-16-11-33-30(42)48-19-14-38(15-20-49-31(43)34-12-17-46-28(40)23(3)4)37-36-26-9-7-25(8-10-26)21-50-32(44)35-13-18-47-29(41)24(5)6/h7-10H,1,3,5,11-21H2,2,4,6H3,(H,33,42)(H,34,43)(H,35,44). The Labute approximate surface area is 289 Å². The zero-order valence-corrected chi connectivity index (χ0v) is 28.4. The minimum absolute atomic E-state index is 0.0231. The maximum atomic E-state index is 12.0. The lowest BCUT2D eigenvalue weighted by Gasteiger charge is -2.18. The van der Waals surface area contributed by atoms with E-state index in [9.17, 15) is 28.8 Å². The summed E-state index contributed by atoms with van der Waals surface area (Å²) in [5.74, 6) is -1.71. The van der Waals surface area contributed by atoms with Crippen molar-refractivity contribution in [1.29, 1.82) is 0 Å². The van der Waals surface area contributed by atoms with Crippen molar-refractivity contribution in [2.24, 2.45) is 10.3 Å². The summed E-state index contributed by atoms with van der Waals surface area (Å²) in [6.07, 6.45) is -2.21. The van der Waals surface area contributed by atoms with Gasteiger partial charge in [0, 0.05) is 16.7 Å². The maximum absolute atomic E-state index is 12.0. The molecule has 0 atom stereocenters. The average Bonchev–Trinajstić information content (AvgIpc) is 3.08. The van der Waals surface area contributed by atoms with Gasteiger partial charge in [-0.3, -0.25) is 5.01 Å². The van der Waals surface area contributed by atoms with Crippen molar-refractivity contribution in [1.82, 2.24) is 21.0 Å². The second-order valence-electron chi connectivity index (χ2n) is 10.2. The Morgan fingerprint density at radius 2 is 0.960 bits per heavy atom. The Balaban J connectivity index is 2.61. The van der Waals surface area contributed by atoms with E-state index in [0.29, 0.717) is 11.3 Å². The van der Waals surface area contributed by atoms with E-state index in [0.717, 1.165) is 0 Å². The van der Waals surface area contributed by atoms with E-state index in [2.05, 4.69) is 46.0 Å². The van der Waals surface area contributed by atoms with Gasteiger partial charge in [0.15, 0.2) is 0 Å². The monoisotopic (exact) mass is 704 g/mol. The number of nitrogens with zero attached hydrogens (tertiary/aromatic N) is 3. The maximum Gasteiger partial charge on any atom is 0.407 e. The molecule has 0 aliphatic rings. The van der Waals surface area contributed by atoms with Crippen LogP contribution in [0.15, 0.2) is 71.1 Å². The summed E-state index contributed by atoms with van der Waals surface area (Å²) in [4.78, 5) is 70.0. The molecule has 0 aliphatic carbocycles. The second kappa shape index (κ2) is 24.2. The molecule has 3 N–H and O–H groups in total. The average molecular weight is 705 g/mol. The Hall–Kier alpha value is -5.94. The summed E-state index contributed by atoms with van der Waals surface area (Å²) in [6.45, 7) is 14.7. The van der Waals surface area contributed by atoms with Gasteiger partial charge in [-0.05, 0) is 38.5 Å². The molecule has 0 fully saturated rings. The molecule has 0 unspecified atom stereocenters. The number of benzene rings is 1. The quantitative estimate of drug-likeness (QED) is 0.0395. The highest BCUT2D eigenvalue weighted by molar-refractivity contribution is 5.87. The zero-order valence-electron chi connectivity index (χ0n) is 28.4. The summed E-state index contributed by atoms with van der Waals surface area (Å²) < 4.78 is 30.1. The molecule has 3 amide bonds. The van der Waals surface area contributed by atoms with Gasteiger partial charge >= 0.3 is 36.2 Å². The van der Waals surface area contributed by atoms with Gasteiger partial charge in [0.2, 0.25) is 0 Å². The number of carbonyl (C=O) groups excluding carboxylic acids is 6. The van der Waals surface area contributed by atoms with Gasteiger partial charge in [0.05, 0.1) is 38.4 Å². The number of carbonyl (C=O) groups is 6. The first-order valence-electron chi connectivity index (χ1n) is 15.2. The molecule has 0 aliphatic heterocycles. The third-order valence-electron chi connectivity index (χ3n) is 5.62. The van der Waals surface area contributed by atoms with Gasteiger partial charge in [0.1, 0.15) is 39.6 Å². The van der Waals surface area contributed by atoms with Crippen molar-refractivity contribution in [3.05, 3.63) is 66.3 Å². The van der Waals surface area contributed by atoms with Crippen LogP contribution < -0.4 is 16.0 Å². The minimum Gasteiger partial charge on any atom is -0.460 e. The van der Waals surface area contributed by atoms with Crippen molar-refractivity contribution in [2.45, 2.75) is 27.4 Å². The molecule has 50 heavy (non-hydrogen) atoms. The highest BCUT2D eigenvalue weighted by atomic mass is 16.6. The van der Waals surface area contributed by atoms with E-state index < -0.39 is 36.2 Å². The molecule has 0 heterocycles. The zero-order chi connectivity index (χ0) is 37.3. The predicted octanol–water partition coefficient (Wildman–Crippen LogP) is 3.02. The van der Waals surface area contributed by atoms with E-state index in [1.807, 2.05) is 0 Å². The van der Waals surface area contributed by atoms with Crippen molar-refractivity contribution in [2.75, 3.05) is 65.8 Å². The fraction of sp³-hybridized carbons (Fsp3) is 0.438. The number of nitrogens with one attached hydrogen (secondary N) is 3. The van der Waals surface area contributed by atoms with Crippen LogP contribution >= 0.6 is 0 Å². The number of alkyl carbamates (subject to hydrolysis) is 3. The van der Waals surface area contributed by atoms with E-state index in [1.165, 1.54) is 25.8 Å². The molecule has 1 aromatic rings. The fourth-order valence-corrected chi connectivity index (χ4v) is 3.02. The van der Waals surface area contributed by atoms with Crippen LogP contribution in [-0.4, -0.2) is 107 Å². The van der Waals surface area contributed by atoms with Gasteiger partial charge < -0.3 is 44.4 Å². The SMILES string of the molecule is C=C(C)C(=O)OCCNC(=O)OCCN(CCOC(=O)NCCOC(=O)C(=C)C)N=Nc1ccc(COC(=O)NCCOC(=O)C(=C)C)cc1. The highest BCUT2D eigenvalue weighted by Crippen LogP contribution is 2.15. The Morgan fingerprint density at radius 1 is 0.580 bits per heavy atom. The number of hydrogen-bond donors (Lipinski definition) is 3. The number of esters is 3. The largest absolute Gasteiger partial charge is 0.460 e. The molecule has 0 saturated carbocycles. The first-order chi connectivity index (χ1) is 23.8. The molecule has 1 rings (SSSR count). The third-order valence-corrected chi connectivity index (χ3v) is 5.62. The Bertz CT molecular complexity index is 1330. The summed E-state index contributed by atoms with van der Waals surface area (Å²) >= 11 is 0. The molecule has 0 aromatic heterocycles. The molecule has 0 spiro atoms. The van der Waals surface area contributed by atoms with Crippen molar-refractivity contribution >= 4 is 41.9 Å². The number of ether oxygens (including phenoxy) is 6. The molecule has 0 saturated heterocycles. The van der Waals surface area contributed by atoms with Crippen molar-refractivity contribution < 1.29 is 57.2 Å². The molecular formula is C32H44N6O12. The van der Waals surface area contributed by atoms with Crippen LogP contribution in [0, 0.1) is 0 Å². The molecule has 1 aromatic carbocycles. The first kappa shape index (κ1) is 42.1. The highest BCUT2D eigenvalue weighted by Gasteiger charge is 2.10. The van der Waals surface area contributed by atoms with Gasteiger partial charge in [-0.2, -0.15) is 0 Å². The van der Waals surface area contributed by atoms with Crippen LogP contribution in [0.25, 0.3) is 0 Å². The second-order valence-corrected chi connectivity index (χ2v) is 10.2. The van der Waals surface area contributed by atoms with E-state index in [4.69, 9.17) is 28.4 Å². The van der Waals surface area contributed by atoms with Crippen LogP contribution in [0.1, 0.15) is 26.3 Å². The number of rotatable bonds is 22. The van der Waals surface area contributed by atoms with Gasteiger partial charge in [-0.1, -0.05) is 37.1 Å². The Morgan fingerprint density at radius 3 is 1.34 bits per heavy atom. The lowest BCUT2D eigenvalue weighted by atomic mass is 10.2. The lowest BCUT2D eigenvalue weighted by molar-refractivity contribution is -0.139. The van der Waals surface area contributed by atoms with Crippen molar-refractivity contribution in [3.8, 4) is 0 Å². The van der Waals surface area contributed by atoms with Crippen molar-refractivity contribution in [3.63, 3.8) is 0 Å². The topological polar surface area (TPSA) is 222 Å². The lowest BCUT2D eigenvalue weighted by Crippen LogP contribution is -2.33. The van der Waals surface area contributed by atoms with E-state index in [1.54, 1.807) is 24.3 Å². The molecule has 0 bridgehead atoms. The van der Waals surface area contributed by atoms with Gasteiger partial charge in [-0.25, -0.2) is 28.8 Å². The van der Waals surface area contributed by atoms with E-state index in [-0.39, 0.29) is 89.1 Å². The summed E-state index contributed by atoms with van der Waals surface area (Å²) in [6, 6.07) is 6.60. The van der Waals surface area contributed by atoms with Crippen LogP contribution in [0.2, 0.25) is 0 Å². The van der Waals surface area contributed by atoms with Gasteiger partial charge in [-0.15, -0.1) is 5.11 Å². The fourth-order valence-electron chi connectivity index (χ4n) is 3.02.